The van der Waals surface area contributed by atoms with Crippen molar-refractivity contribution in [3.63, 3.8) is 0 Å². The van der Waals surface area contributed by atoms with Crippen molar-refractivity contribution >= 4 is 35.0 Å². The lowest BCUT2D eigenvalue weighted by Crippen LogP contribution is -2.15. The highest BCUT2D eigenvalue weighted by molar-refractivity contribution is 7.99. The van der Waals surface area contributed by atoms with E-state index in [2.05, 4.69) is 15.5 Å². The Balaban J connectivity index is 1.52. The smallest absolute Gasteiger partial charge is 0.234 e. The minimum absolute atomic E-state index is 0.0667. The molecule has 0 radical (unpaired) electrons. The Morgan fingerprint density at radius 1 is 1.22 bits per heavy atom. The number of halogens is 2. The number of thioether (sulfide) groups is 1. The van der Waals surface area contributed by atoms with Gasteiger partial charge < -0.3 is 14.5 Å². The minimum atomic E-state index is -0.411. The van der Waals surface area contributed by atoms with E-state index < -0.39 is 5.82 Å². The molecule has 0 unspecified atom stereocenters. The summed E-state index contributed by atoms with van der Waals surface area (Å²) in [6, 6.07) is 14.9. The van der Waals surface area contributed by atoms with Gasteiger partial charge in [-0.05, 0) is 42.5 Å². The van der Waals surface area contributed by atoms with Crippen LogP contribution >= 0.6 is 23.4 Å². The number of carbonyl (C=O) groups excluding carboxylic acids is 1. The molecule has 0 spiro atoms. The molecule has 4 aromatic rings. The van der Waals surface area contributed by atoms with Crippen molar-refractivity contribution in [3.8, 4) is 17.1 Å². The van der Waals surface area contributed by atoms with Gasteiger partial charge in [0, 0.05) is 5.69 Å². The number of aromatic nitrogens is 3. The Morgan fingerprint density at radius 3 is 2.78 bits per heavy atom. The van der Waals surface area contributed by atoms with Gasteiger partial charge in [-0.25, -0.2) is 4.39 Å². The zero-order valence-electron chi connectivity index (χ0n) is 16.9. The summed E-state index contributed by atoms with van der Waals surface area (Å²) in [5, 5.41) is 12.0. The number of hydrogen-bond donors (Lipinski definition) is 1. The van der Waals surface area contributed by atoms with Crippen LogP contribution in [0.15, 0.2) is 70.4 Å². The fraction of sp³-hybridized carbons (Fsp3) is 0.136. The van der Waals surface area contributed by atoms with E-state index in [1.54, 1.807) is 59.4 Å². The molecule has 32 heavy (non-hydrogen) atoms. The molecule has 1 amide bonds. The summed E-state index contributed by atoms with van der Waals surface area (Å²) < 4.78 is 26.7. The van der Waals surface area contributed by atoms with Gasteiger partial charge >= 0.3 is 0 Å². The summed E-state index contributed by atoms with van der Waals surface area (Å²) >= 11 is 7.29. The number of furan rings is 1. The van der Waals surface area contributed by atoms with Crippen molar-refractivity contribution in [3.05, 3.63) is 77.5 Å². The van der Waals surface area contributed by atoms with E-state index in [1.165, 1.54) is 24.9 Å². The van der Waals surface area contributed by atoms with Crippen LogP contribution in [0.2, 0.25) is 5.02 Å². The lowest BCUT2D eigenvalue weighted by molar-refractivity contribution is -0.113. The van der Waals surface area contributed by atoms with Gasteiger partial charge in [0.1, 0.15) is 17.3 Å². The average molecular weight is 473 g/mol. The van der Waals surface area contributed by atoms with Crippen LogP contribution in [0.4, 0.5) is 10.1 Å². The number of amides is 1. The second kappa shape index (κ2) is 9.88. The molecule has 1 N–H and O–H groups in total. The molecule has 4 rings (SSSR count). The number of methoxy groups -OCH3 is 1. The molecular weight excluding hydrogens is 455 g/mol. The van der Waals surface area contributed by atoms with Gasteiger partial charge in [-0.1, -0.05) is 35.5 Å². The maximum Gasteiger partial charge on any atom is 0.234 e. The molecule has 0 bridgehead atoms. The van der Waals surface area contributed by atoms with E-state index in [0.717, 1.165) is 0 Å². The average Bonchev–Trinajstić information content (AvgIpc) is 3.43. The normalized spacial score (nSPS) is 10.8. The van der Waals surface area contributed by atoms with Crippen LogP contribution in [0.25, 0.3) is 11.4 Å². The van der Waals surface area contributed by atoms with Gasteiger partial charge in [0.15, 0.2) is 11.0 Å². The third kappa shape index (κ3) is 4.95. The summed E-state index contributed by atoms with van der Waals surface area (Å²) in [7, 11) is 1.52. The first-order valence-electron chi connectivity index (χ1n) is 9.52. The monoisotopic (exact) mass is 472 g/mol. The zero-order valence-corrected chi connectivity index (χ0v) is 18.5. The van der Waals surface area contributed by atoms with E-state index in [4.69, 9.17) is 20.8 Å². The van der Waals surface area contributed by atoms with Crippen LogP contribution in [0.5, 0.6) is 5.75 Å². The molecule has 0 aliphatic rings. The van der Waals surface area contributed by atoms with E-state index in [0.29, 0.717) is 45.3 Å². The van der Waals surface area contributed by atoms with E-state index in [-0.39, 0.29) is 11.7 Å². The molecule has 2 heterocycles. The van der Waals surface area contributed by atoms with E-state index in [1.807, 2.05) is 0 Å². The van der Waals surface area contributed by atoms with Crippen LogP contribution < -0.4 is 10.1 Å². The third-order valence-corrected chi connectivity index (χ3v) is 5.76. The number of benzene rings is 2. The Labute approximate surface area is 192 Å². The molecular formula is C22H18ClFN4O3S. The molecule has 7 nitrogen and oxygen atoms in total. The first-order chi connectivity index (χ1) is 15.5. The number of nitrogens with one attached hydrogen (secondary N) is 1. The predicted octanol–water partition coefficient (Wildman–Crippen LogP) is 5.12. The van der Waals surface area contributed by atoms with Gasteiger partial charge in [-0.2, -0.15) is 0 Å². The highest BCUT2D eigenvalue weighted by Gasteiger charge is 2.19. The molecule has 164 valence electrons. The Bertz CT molecular complexity index is 1230. The van der Waals surface area contributed by atoms with Crippen LogP contribution in [0, 0.1) is 5.82 Å². The van der Waals surface area contributed by atoms with Crippen LogP contribution in [-0.2, 0) is 11.3 Å². The van der Waals surface area contributed by atoms with Crippen LogP contribution in [-0.4, -0.2) is 33.5 Å². The Hall–Kier alpha value is -3.30. The van der Waals surface area contributed by atoms with Crippen LogP contribution in [0.1, 0.15) is 5.76 Å². The van der Waals surface area contributed by atoms with Gasteiger partial charge in [0.05, 0.1) is 36.3 Å². The van der Waals surface area contributed by atoms with Crippen molar-refractivity contribution in [1.82, 2.24) is 14.8 Å². The number of carbonyl (C=O) groups is 1. The molecule has 0 aliphatic heterocycles. The van der Waals surface area contributed by atoms with E-state index in [9.17, 15) is 9.18 Å². The summed E-state index contributed by atoms with van der Waals surface area (Å²) in [5.74, 6) is 0.927. The third-order valence-electron chi connectivity index (χ3n) is 4.49. The predicted molar refractivity (Wildman–Crippen MR) is 121 cm³/mol. The van der Waals surface area contributed by atoms with Gasteiger partial charge in [-0.15, -0.1) is 10.2 Å². The SMILES string of the molecule is COc1ccc(NC(=O)CSc2nnc(-c3ccccc3F)n2Cc2ccco2)cc1Cl. The first kappa shape index (κ1) is 21.9. The van der Waals surface area contributed by atoms with Crippen molar-refractivity contribution in [2.45, 2.75) is 11.7 Å². The molecule has 10 heteroatoms. The molecule has 0 aliphatic carbocycles. The standard InChI is InChI=1S/C22H18ClFN4O3S/c1-30-19-9-8-14(11-17(19)23)25-20(29)13-32-22-27-26-21(16-6-2-3-7-18(16)24)28(22)12-15-5-4-10-31-15/h2-11H,12-13H2,1H3,(H,25,29). The number of ether oxygens (including phenoxy) is 1. The summed E-state index contributed by atoms with van der Waals surface area (Å²) in [6.07, 6.45) is 1.56. The van der Waals surface area contributed by atoms with Gasteiger partial charge in [0.25, 0.3) is 0 Å². The number of nitrogens with zero attached hydrogens (tertiary/aromatic N) is 3. The Morgan fingerprint density at radius 2 is 2.06 bits per heavy atom. The molecule has 2 aromatic heterocycles. The molecule has 0 saturated heterocycles. The second-order valence-corrected chi connectivity index (χ2v) is 7.99. The van der Waals surface area contributed by atoms with Crippen molar-refractivity contribution in [2.75, 3.05) is 18.2 Å². The lowest BCUT2D eigenvalue weighted by Gasteiger charge is -2.10. The maximum atomic E-state index is 14.4. The highest BCUT2D eigenvalue weighted by Crippen LogP contribution is 2.29. The summed E-state index contributed by atoms with van der Waals surface area (Å²) in [6.45, 7) is 0.293. The highest BCUT2D eigenvalue weighted by atomic mass is 35.5. The lowest BCUT2D eigenvalue weighted by atomic mass is 10.2. The number of rotatable bonds is 8. The first-order valence-corrected chi connectivity index (χ1v) is 10.9. The van der Waals surface area contributed by atoms with Crippen LogP contribution in [0.3, 0.4) is 0 Å². The van der Waals surface area contributed by atoms with Crippen molar-refractivity contribution in [1.29, 1.82) is 0 Å². The fourth-order valence-corrected chi connectivity index (χ4v) is 4.00. The second-order valence-electron chi connectivity index (χ2n) is 6.64. The zero-order chi connectivity index (χ0) is 22.5. The van der Waals surface area contributed by atoms with E-state index >= 15 is 0 Å². The van der Waals surface area contributed by atoms with Crippen molar-refractivity contribution in [2.24, 2.45) is 0 Å². The fourth-order valence-electron chi connectivity index (χ4n) is 3.01. The molecule has 2 aromatic carbocycles. The van der Waals surface area contributed by atoms with Crippen molar-refractivity contribution < 1.29 is 18.3 Å². The topological polar surface area (TPSA) is 82.2 Å². The quantitative estimate of drug-likeness (QED) is 0.358. The number of anilines is 1. The Kier molecular flexibility index (Phi) is 6.77. The molecule has 0 atom stereocenters. The van der Waals surface area contributed by atoms with Gasteiger partial charge in [-0.3, -0.25) is 9.36 Å². The minimum Gasteiger partial charge on any atom is -0.495 e. The number of hydrogen-bond acceptors (Lipinski definition) is 6. The largest absolute Gasteiger partial charge is 0.495 e. The van der Waals surface area contributed by atoms with Gasteiger partial charge in [0.2, 0.25) is 5.91 Å². The molecule has 0 fully saturated rings. The summed E-state index contributed by atoms with van der Waals surface area (Å²) in [5.41, 5.74) is 0.862. The summed E-state index contributed by atoms with van der Waals surface area (Å²) in [4.78, 5) is 12.5. The maximum absolute atomic E-state index is 14.4. The molecule has 0 saturated carbocycles.